The predicted molar refractivity (Wildman–Crippen MR) is 40.6 cm³/mol. The standard InChI is InChI=1S/C8H11N.F2/c1-3-8-4-5-9-7(2)6-8;1-2/h4-6H,3H2,1-2H3;. The second kappa shape index (κ2) is 5.77. The maximum Gasteiger partial charge on any atom is 0.0375 e. The maximum atomic E-state index is 8.00. The topological polar surface area (TPSA) is 12.9 Å². The number of nitrogens with zero attached hydrogens (tertiary/aromatic N) is 1. The SMILES string of the molecule is CCc1ccnc(C)c1.FF. The van der Waals surface area contributed by atoms with Gasteiger partial charge in [-0.3, -0.25) is 4.98 Å². The van der Waals surface area contributed by atoms with Gasteiger partial charge in [-0.25, -0.2) is 0 Å². The molecule has 1 rings (SSSR count). The van der Waals surface area contributed by atoms with Gasteiger partial charge in [0, 0.05) is 21.0 Å². The van der Waals surface area contributed by atoms with Gasteiger partial charge in [-0.2, -0.15) is 0 Å². The molecule has 0 radical (unpaired) electrons. The van der Waals surface area contributed by atoms with Gasteiger partial charge in [0.1, 0.15) is 0 Å². The van der Waals surface area contributed by atoms with E-state index in [9.17, 15) is 0 Å². The van der Waals surface area contributed by atoms with Gasteiger partial charge >= 0.3 is 0 Å². The Hall–Kier alpha value is -0.990. The lowest BCUT2D eigenvalue weighted by Crippen LogP contribution is -1.83. The fourth-order valence-corrected chi connectivity index (χ4v) is 0.824. The van der Waals surface area contributed by atoms with Crippen molar-refractivity contribution in [3.05, 3.63) is 29.6 Å². The van der Waals surface area contributed by atoms with Gasteiger partial charge in [-0.05, 0) is 31.0 Å². The molecule has 11 heavy (non-hydrogen) atoms. The zero-order chi connectivity index (χ0) is 8.69. The summed E-state index contributed by atoms with van der Waals surface area (Å²) in [6.07, 6.45) is 2.96. The lowest BCUT2D eigenvalue weighted by molar-refractivity contribution is 0.108. The zero-order valence-electron chi connectivity index (χ0n) is 6.64. The maximum absolute atomic E-state index is 8.00. The molecular formula is C8H11F2N. The van der Waals surface area contributed by atoms with Crippen molar-refractivity contribution in [2.75, 3.05) is 0 Å². The Morgan fingerprint density at radius 1 is 1.45 bits per heavy atom. The van der Waals surface area contributed by atoms with E-state index in [-0.39, 0.29) is 0 Å². The molecule has 0 bridgehead atoms. The van der Waals surface area contributed by atoms with Crippen molar-refractivity contribution in [3.8, 4) is 0 Å². The fraction of sp³-hybridized carbons (Fsp3) is 0.375. The number of halogens is 2. The Morgan fingerprint density at radius 3 is 2.45 bits per heavy atom. The first-order valence-electron chi connectivity index (χ1n) is 3.38. The van der Waals surface area contributed by atoms with Crippen LogP contribution >= 0.6 is 0 Å². The highest BCUT2D eigenvalue weighted by Gasteiger charge is 1.86. The third kappa shape index (κ3) is 3.65. The third-order valence-corrected chi connectivity index (χ3v) is 1.37. The summed E-state index contributed by atoms with van der Waals surface area (Å²) < 4.78 is 16.0. The average Bonchev–Trinajstić information content (AvgIpc) is 2.08. The molecule has 62 valence electrons. The molecule has 3 heteroatoms. The predicted octanol–water partition coefficient (Wildman–Crippen LogP) is 2.79. The molecule has 0 aliphatic heterocycles. The summed E-state index contributed by atoms with van der Waals surface area (Å²) in [7, 11) is 0. The van der Waals surface area contributed by atoms with Crippen LogP contribution in [-0.2, 0) is 6.42 Å². The van der Waals surface area contributed by atoms with Gasteiger partial charge in [0.25, 0.3) is 0 Å². The summed E-state index contributed by atoms with van der Waals surface area (Å²) in [5.41, 5.74) is 2.47. The summed E-state index contributed by atoms with van der Waals surface area (Å²) in [6, 6.07) is 4.16. The summed E-state index contributed by atoms with van der Waals surface area (Å²) in [6.45, 7) is 4.16. The number of aromatic nitrogens is 1. The van der Waals surface area contributed by atoms with Crippen LogP contribution in [0.15, 0.2) is 18.3 Å². The van der Waals surface area contributed by atoms with E-state index in [0.717, 1.165) is 12.1 Å². The van der Waals surface area contributed by atoms with Gasteiger partial charge in [0.05, 0.1) is 0 Å². The molecule has 0 aliphatic carbocycles. The number of hydrogen-bond donors (Lipinski definition) is 0. The lowest BCUT2D eigenvalue weighted by Gasteiger charge is -1.94. The molecule has 0 spiro atoms. The zero-order valence-corrected chi connectivity index (χ0v) is 6.64. The molecular weight excluding hydrogens is 148 g/mol. The van der Waals surface area contributed by atoms with Crippen LogP contribution in [0.5, 0.6) is 0 Å². The van der Waals surface area contributed by atoms with Crippen LogP contribution in [0.1, 0.15) is 18.2 Å². The van der Waals surface area contributed by atoms with Gasteiger partial charge in [0.15, 0.2) is 0 Å². The van der Waals surface area contributed by atoms with Crippen LogP contribution in [0.25, 0.3) is 0 Å². The van der Waals surface area contributed by atoms with Gasteiger partial charge < -0.3 is 0 Å². The molecule has 0 aliphatic rings. The first-order chi connectivity index (χ1) is 5.33. The van der Waals surface area contributed by atoms with Crippen molar-refractivity contribution >= 4 is 0 Å². The lowest BCUT2D eigenvalue weighted by atomic mass is 10.2. The highest BCUT2D eigenvalue weighted by atomic mass is 20.0. The van der Waals surface area contributed by atoms with Crippen LogP contribution < -0.4 is 0 Å². The van der Waals surface area contributed by atoms with E-state index in [2.05, 4.69) is 18.0 Å². The van der Waals surface area contributed by atoms with Crippen molar-refractivity contribution in [3.63, 3.8) is 0 Å². The molecule has 0 saturated heterocycles. The molecule has 0 unspecified atom stereocenters. The molecule has 0 amide bonds. The molecule has 1 aromatic heterocycles. The van der Waals surface area contributed by atoms with E-state index >= 15 is 0 Å². The van der Waals surface area contributed by atoms with E-state index in [4.69, 9.17) is 9.15 Å². The first kappa shape index (κ1) is 10.0. The largest absolute Gasteiger partial charge is 0.262 e. The van der Waals surface area contributed by atoms with E-state index < -0.39 is 0 Å². The Balaban J connectivity index is 0.000000461. The second-order valence-corrected chi connectivity index (χ2v) is 2.16. The number of aryl methyl sites for hydroxylation is 2. The van der Waals surface area contributed by atoms with E-state index in [1.807, 2.05) is 19.2 Å². The minimum atomic E-state index is 1.10. The van der Waals surface area contributed by atoms with E-state index in [0.29, 0.717) is 0 Å². The van der Waals surface area contributed by atoms with Crippen molar-refractivity contribution in [1.82, 2.24) is 4.98 Å². The van der Waals surface area contributed by atoms with Crippen molar-refractivity contribution in [1.29, 1.82) is 0 Å². The normalized spacial score (nSPS) is 8.36. The summed E-state index contributed by atoms with van der Waals surface area (Å²) in [5, 5.41) is 0. The molecule has 0 N–H and O–H groups in total. The third-order valence-electron chi connectivity index (χ3n) is 1.37. The van der Waals surface area contributed by atoms with Crippen LogP contribution in [0.2, 0.25) is 0 Å². The van der Waals surface area contributed by atoms with Crippen molar-refractivity contribution < 1.29 is 9.15 Å². The van der Waals surface area contributed by atoms with Crippen LogP contribution in [0, 0.1) is 6.92 Å². The summed E-state index contributed by atoms with van der Waals surface area (Å²) >= 11 is 0. The Labute approximate surface area is 64.9 Å². The summed E-state index contributed by atoms with van der Waals surface area (Å²) in [5.74, 6) is 0. The molecule has 0 saturated carbocycles. The van der Waals surface area contributed by atoms with Crippen molar-refractivity contribution in [2.45, 2.75) is 20.3 Å². The number of rotatable bonds is 1. The molecule has 1 nitrogen and oxygen atoms in total. The minimum Gasteiger partial charge on any atom is -0.262 e. The second-order valence-electron chi connectivity index (χ2n) is 2.16. The quantitative estimate of drug-likeness (QED) is 0.614. The first-order valence-corrected chi connectivity index (χ1v) is 3.38. The van der Waals surface area contributed by atoms with Crippen LogP contribution in [0.3, 0.4) is 0 Å². The molecule has 0 atom stereocenters. The van der Waals surface area contributed by atoms with E-state index in [1.54, 1.807) is 0 Å². The van der Waals surface area contributed by atoms with Gasteiger partial charge in [0.2, 0.25) is 0 Å². The van der Waals surface area contributed by atoms with E-state index in [1.165, 1.54) is 5.56 Å². The Bertz CT molecular complexity index is 201. The fourth-order valence-electron chi connectivity index (χ4n) is 0.824. The van der Waals surface area contributed by atoms with Crippen molar-refractivity contribution in [2.24, 2.45) is 0 Å². The molecule has 1 aromatic rings. The molecule has 0 fully saturated rings. The van der Waals surface area contributed by atoms with Crippen LogP contribution in [0.4, 0.5) is 9.15 Å². The number of pyridine rings is 1. The number of hydrogen-bond acceptors (Lipinski definition) is 1. The highest BCUT2D eigenvalue weighted by Crippen LogP contribution is 1.99. The van der Waals surface area contributed by atoms with Gasteiger partial charge in [-0.1, -0.05) is 6.92 Å². The Morgan fingerprint density at radius 2 is 2.09 bits per heavy atom. The monoisotopic (exact) mass is 159 g/mol. The average molecular weight is 159 g/mol. The minimum absolute atomic E-state index is 1.10. The van der Waals surface area contributed by atoms with Gasteiger partial charge in [-0.15, -0.1) is 0 Å². The summed E-state index contributed by atoms with van der Waals surface area (Å²) in [4.78, 5) is 4.09. The molecule has 1 heterocycles. The van der Waals surface area contributed by atoms with Crippen LogP contribution in [-0.4, -0.2) is 4.98 Å². The Kier molecular flexibility index (Phi) is 5.25. The molecule has 0 aromatic carbocycles. The highest BCUT2D eigenvalue weighted by molar-refractivity contribution is 5.14. The smallest absolute Gasteiger partial charge is 0.0375 e.